The van der Waals surface area contributed by atoms with E-state index in [1.807, 2.05) is 12.3 Å². The number of amides is 3. The Labute approximate surface area is 156 Å². The molecule has 0 fully saturated rings. The van der Waals surface area contributed by atoms with Crippen molar-refractivity contribution in [2.75, 3.05) is 18.6 Å². The number of urea groups is 1. The Balaban J connectivity index is 2.50. The van der Waals surface area contributed by atoms with Crippen LogP contribution >= 0.6 is 23.4 Å². The monoisotopic (exact) mass is 387 g/mol. The van der Waals surface area contributed by atoms with Gasteiger partial charge in [0.15, 0.2) is 6.61 Å². The Morgan fingerprint density at radius 3 is 2.64 bits per heavy atom. The van der Waals surface area contributed by atoms with Crippen LogP contribution in [-0.4, -0.2) is 42.6 Å². The molecular weight excluding hydrogens is 366 g/mol. The van der Waals surface area contributed by atoms with E-state index < -0.39 is 30.6 Å². The molecule has 4 N–H and O–H groups in total. The van der Waals surface area contributed by atoms with Crippen LogP contribution in [-0.2, 0) is 14.3 Å². The lowest BCUT2D eigenvalue weighted by Gasteiger charge is -2.17. The summed E-state index contributed by atoms with van der Waals surface area (Å²) < 4.78 is 4.97. The van der Waals surface area contributed by atoms with Crippen molar-refractivity contribution in [2.45, 2.75) is 25.4 Å². The molecule has 0 aliphatic rings. The molecule has 3 amide bonds. The molecule has 0 heterocycles. The van der Waals surface area contributed by atoms with Crippen LogP contribution in [0.15, 0.2) is 24.3 Å². The molecule has 25 heavy (non-hydrogen) atoms. The summed E-state index contributed by atoms with van der Waals surface area (Å²) in [7, 11) is 0. The molecule has 1 aromatic rings. The number of nitrogens with one attached hydrogen (secondary N) is 2. The highest BCUT2D eigenvalue weighted by Crippen LogP contribution is 2.17. The smallest absolute Gasteiger partial charge is 0.329 e. The van der Waals surface area contributed by atoms with Crippen LogP contribution in [0.25, 0.3) is 0 Å². The largest absolute Gasteiger partial charge is 0.454 e. The predicted molar refractivity (Wildman–Crippen MR) is 98.5 cm³/mol. The number of thioether (sulfide) groups is 1. The SMILES string of the molecule is CSCC[C@@H](NC(N)=O)C(=O)OCC(=O)N[C@@H](C)c1cccc(Cl)c1. The van der Waals surface area contributed by atoms with Gasteiger partial charge in [-0.05, 0) is 43.0 Å². The first-order valence-corrected chi connectivity index (χ1v) is 9.37. The number of hydrogen-bond donors (Lipinski definition) is 3. The second-order valence-electron chi connectivity index (χ2n) is 5.29. The molecule has 1 aromatic carbocycles. The Morgan fingerprint density at radius 2 is 2.04 bits per heavy atom. The lowest BCUT2D eigenvalue weighted by Crippen LogP contribution is -2.45. The van der Waals surface area contributed by atoms with E-state index in [9.17, 15) is 14.4 Å². The van der Waals surface area contributed by atoms with E-state index in [1.165, 1.54) is 11.8 Å². The Kier molecular flexibility index (Phi) is 9.15. The molecular formula is C16H22ClN3O4S. The zero-order valence-electron chi connectivity index (χ0n) is 14.1. The average Bonchev–Trinajstić information content (AvgIpc) is 2.56. The number of primary amides is 1. The first kappa shape index (κ1) is 21.1. The van der Waals surface area contributed by atoms with Gasteiger partial charge in [0.25, 0.3) is 5.91 Å². The Hall–Kier alpha value is -1.93. The van der Waals surface area contributed by atoms with Crippen molar-refractivity contribution in [1.82, 2.24) is 10.6 Å². The lowest BCUT2D eigenvalue weighted by atomic mass is 10.1. The lowest BCUT2D eigenvalue weighted by molar-refractivity contribution is -0.150. The number of ether oxygens (including phenoxy) is 1. The number of esters is 1. The fourth-order valence-corrected chi connectivity index (χ4v) is 2.71. The zero-order chi connectivity index (χ0) is 18.8. The van der Waals surface area contributed by atoms with Gasteiger partial charge in [-0.15, -0.1) is 0 Å². The summed E-state index contributed by atoms with van der Waals surface area (Å²) in [5, 5.41) is 5.60. The zero-order valence-corrected chi connectivity index (χ0v) is 15.7. The molecule has 0 aliphatic carbocycles. The van der Waals surface area contributed by atoms with Gasteiger partial charge in [0.2, 0.25) is 0 Å². The number of halogens is 1. The highest BCUT2D eigenvalue weighted by molar-refractivity contribution is 7.98. The fourth-order valence-electron chi connectivity index (χ4n) is 2.04. The van der Waals surface area contributed by atoms with Crippen LogP contribution in [0.2, 0.25) is 5.02 Å². The van der Waals surface area contributed by atoms with Gasteiger partial charge in [-0.3, -0.25) is 4.79 Å². The van der Waals surface area contributed by atoms with Crippen LogP contribution in [0.1, 0.15) is 24.9 Å². The number of carbonyl (C=O) groups is 3. The maximum absolute atomic E-state index is 12.0. The van der Waals surface area contributed by atoms with E-state index in [2.05, 4.69) is 10.6 Å². The number of benzene rings is 1. The fraction of sp³-hybridized carbons (Fsp3) is 0.438. The molecule has 9 heteroatoms. The molecule has 0 radical (unpaired) electrons. The van der Waals surface area contributed by atoms with Gasteiger partial charge in [0, 0.05) is 5.02 Å². The van der Waals surface area contributed by atoms with Crippen molar-refractivity contribution in [3.63, 3.8) is 0 Å². The van der Waals surface area contributed by atoms with Crippen LogP contribution in [0.4, 0.5) is 4.79 Å². The van der Waals surface area contributed by atoms with E-state index in [0.29, 0.717) is 17.2 Å². The molecule has 0 saturated carbocycles. The molecule has 0 bridgehead atoms. The van der Waals surface area contributed by atoms with E-state index in [1.54, 1.807) is 25.1 Å². The third-order valence-electron chi connectivity index (χ3n) is 3.28. The minimum absolute atomic E-state index is 0.291. The van der Waals surface area contributed by atoms with Gasteiger partial charge >= 0.3 is 12.0 Å². The molecule has 0 saturated heterocycles. The minimum Gasteiger partial charge on any atom is -0.454 e. The normalized spacial score (nSPS) is 12.8. The Morgan fingerprint density at radius 1 is 1.32 bits per heavy atom. The van der Waals surface area contributed by atoms with E-state index >= 15 is 0 Å². The molecule has 1 rings (SSSR count). The molecule has 0 aromatic heterocycles. The number of nitrogens with two attached hydrogens (primary N) is 1. The van der Waals surface area contributed by atoms with Gasteiger partial charge in [0.1, 0.15) is 6.04 Å². The topological polar surface area (TPSA) is 111 Å². The quantitative estimate of drug-likeness (QED) is 0.560. The van der Waals surface area contributed by atoms with E-state index in [-0.39, 0.29) is 6.04 Å². The van der Waals surface area contributed by atoms with Crippen molar-refractivity contribution in [3.8, 4) is 0 Å². The predicted octanol–water partition coefficient (Wildman–Crippen LogP) is 1.85. The number of rotatable bonds is 9. The minimum atomic E-state index is -0.872. The molecule has 138 valence electrons. The van der Waals surface area contributed by atoms with Crippen molar-refractivity contribution in [1.29, 1.82) is 0 Å². The maximum atomic E-state index is 12.0. The van der Waals surface area contributed by atoms with Gasteiger partial charge < -0.3 is 21.1 Å². The summed E-state index contributed by atoms with van der Waals surface area (Å²) in [6.45, 7) is 1.35. The van der Waals surface area contributed by atoms with Gasteiger partial charge in [0.05, 0.1) is 6.04 Å². The van der Waals surface area contributed by atoms with E-state index in [0.717, 1.165) is 5.56 Å². The molecule has 0 unspecified atom stereocenters. The summed E-state index contributed by atoms with van der Waals surface area (Å²) >= 11 is 7.43. The average molecular weight is 388 g/mol. The van der Waals surface area contributed by atoms with Crippen LogP contribution in [0.3, 0.4) is 0 Å². The second-order valence-corrected chi connectivity index (χ2v) is 6.72. The van der Waals surface area contributed by atoms with Gasteiger partial charge in [-0.25, -0.2) is 9.59 Å². The standard InChI is InChI=1S/C16H22ClN3O4S/c1-10(11-4-3-5-12(17)8-11)19-14(21)9-24-15(22)13(6-7-25-2)20-16(18)23/h3-5,8,10,13H,6-7,9H2,1-2H3,(H,19,21)(H3,18,20,23)/t10-,13+/m0/s1. The summed E-state index contributed by atoms with van der Waals surface area (Å²) in [6.07, 6.45) is 2.24. The third kappa shape index (κ3) is 8.13. The van der Waals surface area contributed by atoms with Crippen molar-refractivity contribution >= 4 is 41.3 Å². The number of hydrogen-bond acceptors (Lipinski definition) is 5. The molecule has 2 atom stereocenters. The number of carbonyl (C=O) groups excluding carboxylic acids is 3. The van der Waals surface area contributed by atoms with Crippen molar-refractivity contribution in [3.05, 3.63) is 34.9 Å². The first-order valence-electron chi connectivity index (χ1n) is 7.59. The highest BCUT2D eigenvalue weighted by atomic mass is 35.5. The highest BCUT2D eigenvalue weighted by Gasteiger charge is 2.22. The van der Waals surface area contributed by atoms with E-state index in [4.69, 9.17) is 22.1 Å². The molecule has 7 nitrogen and oxygen atoms in total. The second kappa shape index (κ2) is 10.8. The third-order valence-corrected chi connectivity index (χ3v) is 4.16. The van der Waals surface area contributed by atoms with Gasteiger partial charge in [-0.1, -0.05) is 23.7 Å². The Bertz CT molecular complexity index is 615. The molecule has 0 spiro atoms. The summed E-state index contributed by atoms with van der Waals surface area (Å²) in [5.74, 6) is -0.514. The first-order chi connectivity index (χ1) is 11.8. The maximum Gasteiger partial charge on any atom is 0.329 e. The summed E-state index contributed by atoms with van der Waals surface area (Å²) in [5.41, 5.74) is 5.88. The van der Waals surface area contributed by atoms with Crippen LogP contribution < -0.4 is 16.4 Å². The van der Waals surface area contributed by atoms with Crippen molar-refractivity contribution < 1.29 is 19.1 Å². The van der Waals surface area contributed by atoms with Crippen LogP contribution in [0.5, 0.6) is 0 Å². The molecule has 0 aliphatic heterocycles. The van der Waals surface area contributed by atoms with Crippen LogP contribution in [0, 0.1) is 0 Å². The summed E-state index contributed by atoms with van der Waals surface area (Å²) in [6, 6.07) is 5.12. The van der Waals surface area contributed by atoms with Gasteiger partial charge in [-0.2, -0.15) is 11.8 Å². The summed E-state index contributed by atoms with van der Waals surface area (Å²) in [4.78, 5) is 34.9. The van der Waals surface area contributed by atoms with Crippen molar-refractivity contribution in [2.24, 2.45) is 5.73 Å².